The molecule has 4 unspecified atom stereocenters. The van der Waals surface area contributed by atoms with Crippen molar-refractivity contribution < 1.29 is 14.3 Å². The molecular formula is C12H22N2O3. The molecule has 5 heteroatoms. The van der Waals surface area contributed by atoms with Crippen LogP contribution in [0.3, 0.4) is 0 Å². The first-order valence-electron chi connectivity index (χ1n) is 6.25. The van der Waals surface area contributed by atoms with Crippen LogP contribution >= 0.6 is 0 Å². The maximum atomic E-state index is 12.3. The minimum atomic E-state index is -0.000901. The third-order valence-corrected chi connectivity index (χ3v) is 3.95. The molecule has 0 aromatic carbocycles. The summed E-state index contributed by atoms with van der Waals surface area (Å²) in [5.74, 6) is 0.331. The predicted octanol–water partition coefficient (Wildman–Crippen LogP) is -0.0140. The summed E-state index contributed by atoms with van der Waals surface area (Å²) >= 11 is 0. The highest BCUT2D eigenvalue weighted by molar-refractivity contribution is 5.79. The van der Waals surface area contributed by atoms with Crippen molar-refractivity contribution in [1.29, 1.82) is 0 Å². The Morgan fingerprint density at radius 3 is 2.18 bits per heavy atom. The third-order valence-electron chi connectivity index (χ3n) is 3.95. The lowest BCUT2D eigenvalue weighted by Crippen LogP contribution is -2.35. The molecular weight excluding hydrogens is 220 g/mol. The van der Waals surface area contributed by atoms with Gasteiger partial charge in [-0.3, -0.25) is 4.79 Å². The highest BCUT2D eigenvalue weighted by atomic mass is 16.5. The van der Waals surface area contributed by atoms with Crippen molar-refractivity contribution >= 4 is 5.91 Å². The van der Waals surface area contributed by atoms with E-state index in [0.717, 1.165) is 19.3 Å². The maximum Gasteiger partial charge on any atom is 0.225 e. The van der Waals surface area contributed by atoms with Crippen LogP contribution in [-0.4, -0.2) is 56.4 Å². The number of carbonyl (C=O) groups is 1. The first kappa shape index (κ1) is 12.8. The minimum absolute atomic E-state index is 0.000901. The van der Waals surface area contributed by atoms with Crippen LogP contribution in [0.1, 0.15) is 19.3 Å². The Hall–Kier alpha value is -0.650. The van der Waals surface area contributed by atoms with E-state index in [2.05, 4.69) is 0 Å². The molecule has 0 bridgehead atoms. The second kappa shape index (κ2) is 5.33. The molecule has 1 aliphatic carbocycles. The Labute approximate surface area is 102 Å². The second-order valence-electron chi connectivity index (χ2n) is 5.06. The van der Waals surface area contributed by atoms with Crippen LogP contribution in [0, 0.1) is 5.92 Å². The fourth-order valence-electron chi connectivity index (χ4n) is 2.88. The van der Waals surface area contributed by atoms with E-state index in [-0.39, 0.29) is 30.1 Å². The Kier molecular flexibility index (Phi) is 4.01. The SMILES string of the molecule is COC1CN(C(=O)C2CCC(N)C2)CC1OC. The van der Waals surface area contributed by atoms with Gasteiger partial charge in [0.15, 0.2) is 0 Å². The zero-order chi connectivity index (χ0) is 12.4. The van der Waals surface area contributed by atoms with Gasteiger partial charge in [0, 0.05) is 39.3 Å². The van der Waals surface area contributed by atoms with E-state index in [1.54, 1.807) is 14.2 Å². The van der Waals surface area contributed by atoms with Crippen LogP contribution in [0.4, 0.5) is 0 Å². The fourth-order valence-corrected chi connectivity index (χ4v) is 2.88. The van der Waals surface area contributed by atoms with Crippen molar-refractivity contribution in [3.8, 4) is 0 Å². The summed E-state index contributed by atoms with van der Waals surface area (Å²) in [6.07, 6.45) is 2.71. The largest absolute Gasteiger partial charge is 0.377 e. The van der Waals surface area contributed by atoms with Crippen LogP contribution < -0.4 is 5.73 Å². The van der Waals surface area contributed by atoms with E-state index in [1.165, 1.54) is 0 Å². The number of amides is 1. The van der Waals surface area contributed by atoms with Gasteiger partial charge in [-0.1, -0.05) is 0 Å². The number of hydrogen-bond acceptors (Lipinski definition) is 4. The standard InChI is InChI=1S/C12H22N2O3/c1-16-10-6-14(7-11(10)17-2)12(15)8-3-4-9(13)5-8/h8-11H,3-7,13H2,1-2H3. The molecule has 1 saturated heterocycles. The molecule has 5 nitrogen and oxygen atoms in total. The lowest BCUT2D eigenvalue weighted by molar-refractivity contribution is -0.134. The third kappa shape index (κ3) is 2.61. The molecule has 4 atom stereocenters. The molecule has 1 heterocycles. The summed E-state index contributed by atoms with van der Waals surface area (Å²) in [5, 5.41) is 0. The van der Waals surface area contributed by atoms with Crippen molar-refractivity contribution in [2.75, 3.05) is 27.3 Å². The average molecular weight is 242 g/mol. The molecule has 1 amide bonds. The highest BCUT2D eigenvalue weighted by Crippen LogP contribution is 2.28. The molecule has 17 heavy (non-hydrogen) atoms. The molecule has 0 aromatic heterocycles. The lowest BCUT2D eigenvalue weighted by atomic mass is 10.1. The number of methoxy groups -OCH3 is 2. The van der Waals surface area contributed by atoms with Crippen molar-refractivity contribution in [2.45, 2.75) is 37.5 Å². The maximum absolute atomic E-state index is 12.3. The van der Waals surface area contributed by atoms with E-state index in [1.807, 2.05) is 4.90 Å². The molecule has 1 aliphatic heterocycles. The quantitative estimate of drug-likeness (QED) is 0.756. The molecule has 2 aliphatic rings. The van der Waals surface area contributed by atoms with E-state index in [4.69, 9.17) is 15.2 Å². The number of rotatable bonds is 3. The number of ether oxygens (including phenoxy) is 2. The molecule has 2 N–H and O–H groups in total. The van der Waals surface area contributed by atoms with Gasteiger partial charge in [-0.25, -0.2) is 0 Å². The van der Waals surface area contributed by atoms with Gasteiger partial charge in [0.05, 0.1) is 0 Å². The Balaban J connectivity index is 1.93. The number of likely N-dealkylation sites (tertiary alicyclic amines) is 1. The molecule has 2 fully saturated rings. The summed E-state index contributed by atoms with van der Waals surface area (Å²) in [4.78, 5) is 14.1. The van der Waals surface area contributed by atoms with Gasteiger partial charge < -0.3 is 20.1 Å². The summed E-state index contributed by atoms with van der Waals surface area (Å²) < 4.78 is 10.7. The van der Waals surface area contributed by atoms with Gasteiger partial charge in [-0.05, 0) is 19.3 Å². The van der Waals surface area contributed by atoms with Crippen molar-refractivity contribution in [2.24, 2.45) is 11.7 Å². The Morgan fingerprint density at radius 2 is 1.76 bits per heavy atom. The topological polar surface area (TPSA) is 64.8 Å². The predicted molar refractivity (Wildman–Crippen MR) is 63.5 cm³/mol. The van der Waals surface area contributed by atoms with Gasteiger partial charge in [0.25, 0.3) is 0 Å². The van der Waals surface area contributed by atoms with Crippen LogP contribution in [0.25, 0.3) is 0 Å². The minimum Gasteiger partial charge on any atom is -0.377 e. The summed E-state index contributed by atoms with van der Waals surface area (Å²) in [6.45, 7) is 1.28. The Bertz CT molecular complexity index is 273. The molecule has 98 valence electrons. The second-order valence-corrected chi connectivity index (χ2v) is 5.06. The number of nitrogens with two attached hydrogens (primary N) is 1. The highest BCUT2D eigenvalue weighted by Gasteiger charge is 2.39. The van der Waals surface area contributed by atoms with Gasteiger partial charge >= 0.3 is 0 Å². The van der Waals surface area contributed by atoms with Gasteiger partial charge in [0.2, 0.25) is 5.91 Å². The van der Waals surface area contributed by atoms with Crippen molar-refractivity contribution in [3.63, 3.8) is 0 Å². The van der Waals surface area contributed by atoms with Gasteiger partial charge in [-0.2, -0.15) is 0 Å². The zero-order valence-corrected chi connectivity index (χ0v) is 10.6. The summed E-state index contributed by atoms with van der Waals surface area (Å²) in [7, 11) is 3.33. The Morgan fingerprint density at radius 1 is 1.18 bits per heavy atom. The molecule has 0 aromatic rings. The summed E-state index contributed by atoms with van der Waals surface area (Å²) in [6, 6.07) is 0.197. The van der Waals surface area contributed by atoms with Crippen molar-refractivity contribution in [1.82, 2.24) is 4.90 Å². The van der Waals surface area contributed by atoms with E-state index in [9.17, 15) is 4.79 Å². The monoisotopic (exact) mass is 242 g/mol. The zero-order valence-electron chi connectivity index (χ0n) is 10.6. The van der Waals surface area contributed by atoms with Crippen LogP contribution in [0.2, 0.25) is 0 Å². The smallest absolute Gasteiger partial charge is 0.225 e. The number of carbonyl (C=O) groups excluding carboxylic acids is 1. The van der Waals surface area contributed by atoms with Crippen LogP contribution in [0.5, 0.6) is 0 Å². The molecule has 0 radical (unpaired) electrons. The fraction of sp³-hybridized carbons (Fsp3) is 0.917. The molecule has 1 saturated carbocycles. The van der Waals surface area contributed by atoms with Crippen LogP contribution in [-0.2, 0) is 14.3 Å². The normalized spacial score (nSPS) is 37.7. The molecule has 0 spiro atoms. The first-order valence-corrected chi connectivity index (χ1v) is 6.25. The lowest BCUT2D eigenvalue weighted by Gasteiger charge is -2.20. The number of hydrogen-bond donors (Lipinski definition) is 1. The summed E-state index contributed by atoms with van der Waals surface area (Å²) in [5.41, 5.74) is 5.85. The van der Waals surface area contributed by atoms with E-state index < -0.39 is 0 Å². The first-order chi connectivity index (χ1) is 8.15. The number of nitrogens with zero attached hydrogens (tertiary/aromatic N) is 1. The van der Waals surface area contributed by atoms with E-state index >= 15 is 0 Å². The molecule has 2 rings (SSSR count). The van der Waals surface area contributed by atoms with E-state index in [0.29, 0.717) is 13.1 Å². The van der Waals surface area contributed by atoms with Crippen LogP contribution in [0.15, 0.2) is 0 Å². The van der Waals surface area contributed by atoms with Gasteiger partial charge in [0.1, 0.15) is 12.2 Å². The van der Waals surface area contributed by atoms with Crippen molar-refractivity contribution in [3.05, 3.63) is 0 Å². The van der Waals surface area contributed by atoms with Gasteiger partial charge in [-0.15, -0.1) is 0 Å². The average Bonchev–Trinajstić information content (AvgIpc) is 2.93.